The normalized spacial score (nSPS) is 11.5. The zero-order chi connectivity index (χ0) is 26.6. The quantitative estimate of drug-likeness (QED) is 0.238. The van der Waals surface area contributed by atoms with Crippen LogP contribution < -0.4 is 0 Å². The van der Waals surface area contributed by atoms with Crippen molar-refractivity contribution < 1.29 is 0 Å². The second-order valence-electron chi connectivity index (χ2n) is 9.98. The average molecular weight is 511 g/mol. The van der Waals surface area contributed by atoms with E-state index in [0.717, 1.165) is 44.7 Å². The van der Waals surface area contributed by atoms with Crippen molar-refractivity contribution in [2.24, 2.45) is 0 Å². The van der Waals surface area contributed by atoms with E-state index in [2.05, 4.69) is 124 Å². The maximum atomic E-state index is 9.83. The minimum Gasteiger partial charge on any atom is -0.309 e. The molecule has 0 aliphatic heterocycles. The highest BCUT2D eigenvalue weighted by Gasteiger charge is 2.18. The number of nitrogens with zero attached hydrogens (tertiary/aromatic N) is 4. The lowest BCUT2D eigenvalue weighted by Crippen LogP contribution is -2.00. The first-order chi connectivity index (χ1) is 19.8. The van der Waals surface area contributed by atoms with E-state index in [-0.39, 0.29) is 0 Å². The summed E-state index contributed by atoms with van der Waals surface area (Å²) in [5.41, 5.74) is 8.87. The third kappa shape index (κ3) is 3.22. The molecule has 4 nitrogen and oxygen atoms in total. The van der Waals surface area contributed by atoms with E-state index < -0.39 is 0 Å². The van der Waals surface area contributed by atoms with Crippen LogP contribution in [0.3, 0.4) is 0 Å². The van der Waals surface area contributed by atoms with Gasteiger partial charge in [0.25, 0.3) is 0 Å². The van der Waals surface area contributed by atoms with Crippen LogP contribution in [-0.2, 0) is 0 Å². The predicted octanol–water partition coefficient (Wildman–Crippen LogP) is 8.81. The fourth-order valence-electron chi connectivity index (χ4n) is 6.09. The van der Waals surface area contributed by atoms with Crippen LogP contribution in [0.15, 0.2) is 134 Å². The monoisotopic (exact) mass is 510 g/mol. The van der Waals surface area contributed by atoms with Crippen molar-refractivity contribution in [3.05, 3.63) is 139 Å². The third-order valence-electron chi connectivity index (χ3n) is 7.80. The van der Waals surface area contributed by atoms with Gasteiger partial charge in [-0.1, -0.05) is 72.8 Å². The number of para-hydroxylation sites is 4. The molecule has 0 bridgehead atoms. The SMILES string of the molecule is N#Cc1ccc(-n2c3ccccc3c3ccccc32)c(-c2cc(-n3c4ccccc4c4ccccc43)ccn2)c1. The van der Waals surface area contributed by atoms with E-state index in [1.54, 1.807) is 0 Å². The van der Waals surface area contributed by atoms with Crippen molar-refractivity contribution in [1.29, 1.82) is 5.26 Å². The van der Waals surface area contributed by atoms with Crippen LogP contribution in [0, 0.1) is 11.3 Å². The van der Waals surface area contributed by atoms with Crippen LogP contribution in [0.1, 0.15) is 5.56 Å². The lowest BCUT2D eigenvalue weighted by atomic mass is 10.0. The van der Waals surface area contributed by atoms with Gasteiger partial charge < -0.3 is 9.13 Å². The van der Waals surface area contributed by atoms with Crippen molar-refractivity contribution in [2.75, 3.05) is 0 Å². The zero-order valence-electron chi connectivity index (χ0n) is 21.5. The Morgan fingerprint density at radius 1 is 0.525 bits per heavy atom. The summed E-state index contributed by atoms with van der Waals surface area (Å²) in [7, 11) is 0. The Hall–Kier alpha value is -5.66. The average Bonchev–Trinajstić information content (AvgIpc) is 3.54. The van der Waals surface area contributed by atoms with Crippen molar-refractivity contribution in [2.45, 2.75) is 0 Å². The lowest BCUT2D eigenvalue weighted by molar-refractivity contribution is 1.14. The molecule has 0 radical (unpaired) electrons. The molecular formula is C36H22N4. The Balaban J connectivity index is 1.42. The Morgan fingerprint density at radius 2 is 1.02 bits per heavy atom. The molecule has 0 N–H and O–H groups in total. The number of benzene rings is 5. The molecule has 3 heterocycles. The molecule has 3 aromatic heterocycles. The van der Waals surface area contributed by atoms with Gasteiger partial charge in [0, 0.05) is 39.0 Å². The van der Waals surface area contributed by atoms with Gasteiger partial charge >= 0.3 is 0 Å². The van der Waals surface area contributed by atoms with Gasteiger partial charge in [0.2, 0.25) is 0 Å². The summed E-state index contributed by atoms with van der Waals surface area (Å²) in [4.78, 5) is 4.85. The van der Waals surface area contributed by atoms with Crippen LogP contribution in [0.2, 0.25) is 0 Å². The summed E-state index contributed by atoms with van der Waals surface area (Å²) < 4.78 is 4.58. The van der Waals surface area contributed by atoms with Crippen LogP contribution in [0.5, 0.6) is 0 Å². The number of fused-ring (bicyclic) bond motifs is 6. The molecule has 8 aromatic rings. The number of pyridine rings is 1. The number of hydrogen-bond donors (Lipinski definition) is 0. The van der Waals surface area contributed by atoms with Gasteiger partial charge in [0.15, 0.2) is 0 Å². The molecule has 5 aromatic carbocycles. The number of aromatic nitrogens is 3. The summed E-state index contributed by atoms with van der Waals surface area (Å²) >= 11 is 0. The highest BCUT2D eigenvalue weighted by atomic mass is 15.0. The molecule has 0 saturated carbocycles. The standard InChI is InChI=1S/C36H22N4/c37-23-24-17-18-36(40-34-15-7-3-11-28(34)29-12-4-8-16-35(29)40)30(21-24)31-22-25(19-20-38-31)39-32-13-5-1-9-26(32)27-10-2-6-14-33(27)39/h1-22H. The van der Waals surface area contributed by atoms with Crippen molar-refractivity contribution in [3.63, 3.8) is 0 Å². The summed E-state index contributed by atoms with van der Waals surface area (Å²) in [6, 6.07) is 46.3. The van der Waals surface area contributed by atoms with Gasteiger partial charge in [-0.05, 0) is 54.6 Å². The topological polar surface area (TPSA) is 46.5 Å². The number of rotatable bonds is 3. The van der Waals surface area contributed by atoms with Gasteiger partial charge in [0.1, 0.15) is 0 Å². The molecular weight excluding hydrogens is 488 g/mol. The molecule has 40 heavy (non-hydrogen) atoms. The van der Waals surface area contributed by atoms with E-state index in [0.29, 0.717) is 5.56 Å². The third-order valence-corrected chi connectivity index (χ3v) is 7.80. The summed E-state index contributed by atoms with van der Waals surface area (Å²) in [5.74, 6) is 0. The maximum Gasteiger partial charge on any atom is 0.0991 e. The number of nitriles is 1. The van der Waals surface area contributed by atoms with E-state index in [1.165, 1.54) is 21.5 Å². The molecule has 0 saturated heterocycles. The first kappa shape index (κ1) is 22.3. The Morgan fingerprint density at radius 3 is 1.55 bits per heavy atom. The largest absolute Gasteiger partial charge is 0.309 e. The highest BCUT2D eigenvalue weighted by molar-refractivity contribution is 6.10. The zero-order valence-corrected chi connectivity index (χ0v) is 21.5. The molecule has 0 aliphatic carbocycles. The van der Waals surface area contributed by atoms with Crippen molar-refractivity contribution in [1.82, 2.24) is 14.1 Å². The van der Waals surface area contributed by atoms with Crippen LogP contribution in [-0.4, -0.2) is 14.1 Å². The lowest BCUT2D eigenvalue weighted by Gasteiger charge is -2.15. The molecule has 0 fully saturated rings. The highest BCUT2D eigenvalue weighted by Crippen LogP contribution is 2.37. The van der Waals surface area contributed by atoms with E-state index >= 15 is 0 Å². The van der Waals surface area contributed by atoms with Crippen molar-refractivity contribution in [3.8, 4) is 28.7 Å². The molecule has 0 amide bonds. The van der Waals surface area contributed by atoms with Gasteiger partial charge in [0.05, 0.1) is 45.1 Å². The van der Waals surface area contributed by atoms with E-state index in [4.69, 9.17) is 4.98 Å². The molecule has 0 aliphatic rings. The second kappa shape index (κ2) is 8.69. The first-order valence-corrected chi connectivity index (χ1v) is 13.3. The maximum absolute atomic E-state index is 9.83. The molecule has 0 spiro atoms. The molecule has 0 unspecified atom stereocenters. The van der Waals surface area contributed by atoms with E-state index in [1.807, 2.05) is 24.4 Å². The fourth-order valence-corrected chi connectivity index (χ4v) is 6.09. The summed E-state index contributed by atoms with van der Waals surface area (Å²) in [5, 5.41) is 14.7. The molecule has 0 atom stereocenters. The molecule has 186 valence electrons. The molecule has 8 rings (SSSR count). The van der Waals surface area contributed by atoms with E-state index in [9.17, 15) is 5.26 Å². The second-order valence-corrected chi connectivity index (χ2v) is 9.98. The Kier molecular flexibility index (Phi) is 4.85. The van der Waals surface area contributed by atoms with Crippen LogP contribution in [0.4, 0.5) is 0 Å². The smallest absolute Gasteiger partial charge is 0.0991 e. The van der Waals surface area contributed by atoms with Gasteiger partial charge in [-0.3, -0.25) is 4.98 Å². The van der Waals surface area contributed by atoms with Crippen LogP contribution >= 0.6 is 0 Å². The molecule has 4 heteroatoms. The predicted molar refractivity (Wildman–Crippen MR) is 163 cm³/mol. The summed E-state index contributed by atoms with van der Waals surface area (Å²) in [6.45, 7) is 0. The van der Waals surface area contributed by atoms with Gasteiger partial charge in [-0.15, -0.1) is 0 Å². The Labute approximate surface area is 230 Å². The fraction of sp³-hybridized carbons (Fsp3) is 0. The minimum absolute atomic E-state index is 0.601. The summed E-state index contributed by atoms with van der Waals surface area (Å²) in [6.07, 6.45) is 1.86. The van der Waals surface area contributed by atoms with Crippen LogP contribution in [0.25, 0.3) is 66.2 Å². The number of hydrogen-bond acceptors (Lipinski definition) is 2. The minimum atomic E-state index is 0.601. The van der Waals surface area contributed by atoms with Gasteiger partial charge in [-0.25, -0.2) is 0 Å². The Bertz CT molecular complexity index is 2190. The van der Waals surface area contributed by atoms with Crippen molar-refractivity contribution >= 4 is 43.6 Å². The first-order valence-electron chi connectivity index (χ1n) is 13.3. The van der Waals surface area contributed by atoms with Gasteiger partial charge in [-0.2, -0.15) is 5.26 Å².